The Kier molecular flexibility index (Phi) is 4.98. The third-order valence-electron chi connectivity index (χ3n) is 1.29. The van der Waals surface area contributed by atoms with E-state index in [9.17, 15) is 9.59 Å². The van der Waals surface area contributed by atoms with Gasteiger partial charge < -0.3 is 35.6 Å². The molecule has 17 heavy (non-hydrogen) atoms. The van der Waals surface area contributed by atoms with Crippen LogP contribution in [0.5, 0.6) is 0 Å². The van der Waals surface area contributed by atoms with E-state index in [2.05, 4.69) is 9.47 Å². The number of hydrogen-bond donors (Lipinski definition) is 5. The van der Waals surface area contributed by atoms with E-state index in [4.69, 9.17) is 26.2 Å². The average molecular weight is 253 g/mol. The van der Waals surface area contributed by atoms with Crippen LogP contribution < -0.4 is 5.73 Å². The minimum atomic E-state index is -2.71. The minimum Gasteiger partial charge on any atom is -0.408 e. The van der Waals surface area contributed by atoms with Gasteiger partial charge in [0.25, 0.3) is 0 Å². The minimum absolute atomic E-state index is 0.717. The first-order valence-corrected chi connectivity index (χ1v) is 4.50. The Morgan fingerprint density at radius 3 is 1.88 bits per heavy atom. The van der Waals surface area contributed by atoms with Gasteiger partial charge in [0.05, 0.1) is 6.42 Å². The number of esters is 2. The third kappa shape index (κ3) is 8.54. The number of ether oxygens (including phenoxy) is 2. The van der Waals surface area contributed by atoms with Crippen LogP contribution in [0.1, 0.15) is 20.3 Å². The van der Waals surface area contributed by atoms with Gasteiger partial charge in [-0.25, -0.2) is 0 Å². The van der Waals surface area contributed by atoms with Crippen molar-refractivity contribution in [3.05, 3.63) is 0 Å². The maximum Gasteiger partial charge on any atom is 0.327 e. The number of rotatable bonds is 5. The first-order valence-electron chi connectivity index (χ1n) is 4.50. The number of carbonyl (C=O) groups excluding carboxylic acids is 2. The summed E-state index contributed by atoms with van der Waals surface area (Å²) in [6, 6.07) is -1.52. The summed E-state index contributed by atoms with van der Waals surface area (Å²) in [5.41, 5.74) is 5.18. The van der Waals surface area contributed by atoms with Gasteiger partial charge in [-0.05, 0) is 0 Å². The Morgan fingerprint density at radius 2 is 1.53 bits per heavy atom. The van der Waals surface area contributed by atoms with Crippen LogP contribution in [0, 0.1) is 0 Å². The lowest BCUT2D eigenvalue weighted by molar-refractivity contribution is -0.311. The number of hydrogen-bond acceptors (Lipinski definition) is 9. The Balaban J connectivity index is 4.22. The Hall–Kier alpha value is -1.26. The summed E-state index contributed by atoms with van der Waals surface area (Å²) in [6.45, 7) is 1.56. The molecule has 0 aliphatic heterocycles. The highest BCUT2D eigenvalue weighted by Gasteiger charge is 2.29. The highest BCUT2D eigenvalue weighted by atomic mass is 16.8. The molecular formula is C8H15NO8. The second-order valence-electron chi connectivity index (χ2n) is 3.57. The second kappa shape index (κ2) is 5.38. The summed E-state index contributed by atoms with van der Waals surface area (Å²) in [6.07, 6.45) is -0.717. The molecule has 0 radical (unpaired) electrons. The van der Waals surface area contributed by atoms with Crippen molar-refractivity contribution in [1.82, 2.24) is 0 Å². The van der Waals surface area contributed by atoms with Crippen LogP contribution in [0.25, 0.3) is 0 Å². The second-order valence-corrected chi connectivity index (χ2v) is 3.57. The first-order chi connectivity index (χ1) is 7.41. The molecule has 0 rings (SSSR count). The van der Waals surface area contributed by atoms with Gasteiger partial charge in [-0.2, -0.15) is 0 Å². The molecule has 1 unspecified atom stereocenters. The van der Waals surface area contributed by atoms with E-state index in [1.54, 1.807) is 0 Å². The fourth-order valence-corrected chi connectivity index (χ4v) is 0.786. The van der Waals surface area contributed by atoms with E-state index in [-0.39, 0.29) is 0 Å². The van der Waals surface area contributed by atoms with Gasteiger partial charge >= 0.3 is 23.9 Å². The number of nitrogens with two attached hydrogens (primary N) is 1. The van der Waals surface area contributed by atoms with Crippen molar-refractivity contribution in [3.63, 3.8) is 0 Å². The van der Waals surface area contributed by atoms with Crippen LogP contribution in [-0.2, 0) is 19.1 Å². The molecule has 6 N–H and O–H groups in total. The van der Waals surface area contributed by atoms with Crippen molar-refractivity contribution in [1.29, 1.82) is 0 Å². The maximum absolute atomic E-state index is 11.1. The van der Waals surface area contributed by atoms with Crippen molar-refractivity contribution < 1.29 is 39.5 Å². The molecule has 0 bridgehead atoms. The van der Waals surface area contributed by atoms with E-state index >= 15 is 0 Å². The van der Waals surface area contributed by atoms with E-state index < -0.39 is 36.3 Å². The molecule has 0 aromatic carbocycles. The average Bonchev–Trinajstić information content (AvgIpc) is 1.95. The zero-order valence-corrected chi connectivity index (χ0v) is 9.28. The van der Waals surface area contributed by atoms with Gasteiger partial charge in [0.2, 0.25) is 0 Å². The van der Waals surface area contributed by atoms with E-state index in [1.807, 2.05) is 0 Å². The predicted octanol–water partition coefficient (Wildman–Crippen LogP) is -2.89. The molecule has 0 aliphatic carbocycles. The molecule has 100 valence electrons. The van der Waals surface area contributed by atoms with Crippen molar-refractivity contribution in [2.75, 3.05) is 0 Å². The molecule has 0 aromatic rings. The summed E-state index contributed by atoms with van der Waals surface area (Å²) in [5, 5.41) is 34.8. The van der Waals surface area contributed by atoms with Crippen LogP contribution in [0.15, 0.2) is 0 Å². The summed E-state index contributed by atoms with van der Waals surface area (Å²) >= 11 is 0. The van der Waals surface area contributed by atoms with E-state index in [0.29, 0.717) is 0 Å². The number of aliphatic hydroxyl groups is 4. The van der Waals surface area contributed by atoms with Gasteiger partial charge in [-0.15, -0.1) is 0 Å². The van der Waals surface area contributed by atoms with Crippen molar-refractivity contribution >= 4 is 11.9 Å². The largest absolute Gasteiger partial charge is 0.408 e. The fourth-order valence-electron chi connectivity index (χ4n) is 0.786. The summed E-state index contributed by atoms with van der Waals surface area (Å²) in [4.78, 5) is 22.0. The highest BCUT2D eigenvalue weighted by Crippen LogP contribution is 2.06. The first kappa shape index (κ1) is 15.7. The highest BCUT2D eigenvalue weighted by molar-refractivity contribution is 5.82. The molecule has 0 amide bonds. The maximum atomic E-state index is 11.1. The fraction of sp³-hybridized carbons (Fsp3) is 0.750. The van der Waals surface area contributed by atoms with Crippen LogP contribution >= 0.6 is 0 Å². The molecule has 0 spiro atoms. The third-order valence-corrected chi connectivity index (χ3v) is 1.29. The molecule has 0 heterocycles. The van der Waals surface area contributed by atoms with Gasteiger partial charge in [-0.1, -0.05) is 0 Å². The predicted molar refractivity (Wildman–Crippen MR) is 50.5 cm³/mol. The molecule has 0 saturated heterocycles. The van der Waals surface area contributed by atoms with Crippen LogP contribution in [-0.4, -0.2) is 50.4 Å². The monoisotopic (exact) mass is 253 g/mol. The lowest BCUT2D eigenvalue weighted by atomic mass is 10.2. The number of carbonyl (C=O) groups is 2. The zero-order chi connectivity index (χ0) is 13.9. The van der Waals surface area contributed by atoms with Gasteiger partial charge in [0, 0.05) is 13.8 Å². The standard InChI is InChI=1S/C8H15NO8/c1-7(12,13)16-5(10)3-4(9)6(11)17-8(2,14)15/h4,12-15H,3,9H2,1-2H3. The molecule has 9 nitrogen and oxygen atoms in total. The Bertz CT molecular complexity index is 289. The molecule has 1 atom stereocenters. The molecule has 9 heteroatoms. The molecular weight excluding hydrogens is 238 g/mol. The smallest absolute Gasteiger partial charge is 0.327 e. The topological polar surface area (TPSA) is 160 Å². The molecule has 0 aromatic heterocycles. The van der Waals surface area contributed by atoms with Gasteiger partial charge in [-0.3, -0.25) is 9.59 Å². The lowest BCUT2D eigenvalue weighted by Gasteiger charge is -2.20. The SMILES string of the molecule is CC(O)(O)OC(=O)CC(N)C(=O)OC(C)(O)O. The quantitative estimate of drug-likeness (QED) is 0.256. The van der Waals surface area contributed by atoms with Crippen LogP contribution in [0.3, 0.4) is 0 Å². The van der Waals surface area contributed by atoms with Crippen LogP contribution in [0.4, 0.5) is 0 Å². The van der Waals surface area contributed by atoms with Crippen LogP contribution in [0.2, 0.25) is 0 Å². The normalized spacial score (nSPS) is 14.1. The van der Waals surface area contributed by atoms with Crippen molar-refractivity contribution in [2.24, 2.45) is 5.73 Å². The summed E-state index contributed by atoms with van der Waals surface area (Å²) in [7, 11) is 0. The van der Waals surface area contributed by atoms with Gasteiger partial charge in [0.15, 0.2) is 0 Å². The summed E-state index contributed by atoms with van der Waals surface area (Å²) in [5.74, 6) is -7.81. The molecule has 0 fully saturated rings. The summed E-state index contributed by atoms with van der Waals surface area (Å²) < 4.78 is 8.09. The van der Waals surface area contributed by atoms with Crippen molar-refractivity contribution in [2.45, 2.75) is 38.3 Å². The van der Waals surface area contributed by atoms with Crippen molar-refractivity contribution in [3.8, 4) is 0 Å². The Labute approximate surface area is 96.4 Å². The zero-order valence-electron chi connectivity index (χ0n) is 9.28. The van der Waals surface area contributed by atoms with E-state index in [1.165, 1.54) is 0 Å². The van der Waals surface area contributed by atoms with E-state index in [0.717, 1.165) is 13.8 Å². The molecule has 0 saturated carbocycles. The Morgan fingerprint density at radius 1 is 1.12 bits per heavy atom. The van der Waals surface area contributed by atoms with Gasteiger partial charge in [0.1, 0.15) is 6.04 Å². The lowest BCUT2D eigenvalue weighted by Crippen LogP contribution is -2.42. The molecule has 0 aliphatic rings.